The first kappa shape index (κ1) is 13.7. The highest BCUT2D eigenvalue weighted by molar-refractivity contribution is 7.99. The maximum Gasteiger partial charge on any atom is 0.248 e. The van der Waals surface area contributed by atoms with Gasteiger partial charge in [0, 0.05) is 6.54 Å². The molecule has 2 amide bonds. The first-order chi connectivity index (χ1) is 8.45. The summed E-state index contributed by atoms with van der Waals surface area (Å²) < 4.78 is 0. The van der Waals surface area contributed by atoms with Crippen molar-refractivity contribution in [1.82, 2.24) is 10.2 Å². The zero-order chi connectivity index (χ0) is 13.3. The number of hydrogen-bond donors (Lipinski definition) is 1. The summed E-state index contributed by atoms with van der Waals surface area (Å²) in [6, 6.07) is -0.281. The van der Waals surface area contributed by atoms with E-state index in [-0.39, 0.29) is 17.9 Å². The third kappa shape index (κ3) is 2.51. The molecule has 2 rings (SSSR count). The van der Waals surface area contributed by atoms with Gasteiger partial charge in [0.25, 0.3) is 0 Å². The van der Waals surface area contributed by atoms with Crippen LogP contribution in [0.15, 0.2) is 0 Å². The molecule has 1 N–H and O–H groups in total. The lowest BCUT2D eigenvalue weighted by molar-refractivity contribution is -0.154. The second kappa shape index (κ2) is 5.11. The minimum Gasteiger partial charge on any atom is -0.340 e. The van der Waals surface area contributed by atoms with E-state index in [0.717, 1.165) is 18.7 Å². The topological polar surface area (TPSA) is 49.4 Å². The van der Waals surface area contributed by atoms with Gasteiger partial charge in [0.2, 0.25) is 11.8 Å². The quantitative estimate of drug-likeness (QED) is 0.840. The fourth-order valence-electron chi connectivity index (χ4n) is 2.71. The van der Waals surface area contributed by atoms with Gasteiger partial charge in [0.1, 0.15) is 11.6 Å². The molecule has 2 saturated heterocycles. The first-order valence-electron chi connectivity index (χ1n) is 6.66. The molecule has 2 unspecified atom stereocenters. The van der Waals surface area contributed by atoms with Crippen LogP contribution >= 0.6 is 11.8 Å². The minimum absolute atomic E-state index is 0.00671. The van der Waals surface area contributed by atoms with Gasteiger partial charge >= 0.3 is 0 Å². The number of nitrogens with zero attached hydrogens (tertiary/aromatic N) is 1. The predicted octanol–water partition coefficient (Wildman–Crippen LogP) is 1.26. The summed E-state index contributed by atoms with van der Waals surface area (Å²) in [4.78, 5) is 26.3. The van der Waals surface area contributed by atoms with Crippen LogP contribution in [-0.2, 0) is 9.59 Å². The van der Waals surface area contributed by atoms with Gasteiger partial charge in [0.15, 0.2) is 0 Å². The van der Waals surface area contributed by atoms with Gasteiger partial charge in [-0.25, -0.2) is 0 Å². The van der Waals surface area contributed by atoms with Crippen molar-refractivity contribution in [3.63, 3.8) is 0 Å². The van der Waals surface area contributed by atoms with Crippen molar-refractivity contribution in [2.45, 2.75) is 45.2 Å². The Morgan fingerprint density at radius 2 is 2.17 bits per heavy atom. The normalized spacial score (nSPS) is 31.6. The van der Waals surface area contributed by atoms with E-state index in [4.69, 9.17) is 0 Å². The van der Waals surface area contributed by atoms with Gasteiger partial charge in [-0.15, -0.1) is 0 Å². The number of piperazine rings is 1. The zero-order valence-electron chi connectivity index (χ0n) is 11.4. The third-order valence-electron chi connectivity index (χ3n) is 3.78. The molecule has 0 bridgehead atoms. The summed E-state index contributed by atoms with van der Waals surface area (Å²) in [6.45, 7) is 6.28. The van der Waals surface area contributed by atoms with E-state index >= 15 is 0 Å². The number of nitrogens with one attached hydrogen (secondary N) is 1. The highest BCUT2D eigenvalue weighted by Gasteiger charge is 2.45. The molecule has 102 valence electrons. The lowest BCUT2D eigenvalue weighted by Gasteiger charge is -2.43. The Morgan fingerprint density at radius 3 is 2.72 bits per heavy atom. The lowest BCUT2D eigenvalue weighted by Crippen LogP contribution is -2.68. The van der Waals surface area contributed by atoms with Gasteiger partial charge in [0.05, 0.1) is 0 Å². The zero-order valence-corrected chi connectivity index (χ0v) is 12.2. The van der Waals surface area contributed by atoms with Crippen molar-refractivity contribution in [3.05, 3.63) is 0 Å². The summed E-state index contributed by atoms with van der Waals surface area (Å²) in [5.41, 5.74) is -0.755. The molecule has 0 aliphatic carbocycles. The Hall–Kier alpha value is -0.710. The Bertz CT molecular complexity index is 351. The standard InChI is InChI=1S/C13H22N2O2S/c1-4-10-11(16)14-13(2,3)12(17)15(10)7-9-5-6-18-8-9/h9-10H,4-8H2,1-3H3,(H,14,16). The van der Waals surface area contributed by atoms with Gasteiger partial charge < -0.3 is 10.2 Å². The first-order valence-corrected chi connectivity index (χ1v) is 7.82. The van der Waals surface area contributed by atoms with Crippen molar-refractivity contribution < 1.29 is 9.59 Å². The van der Waals surface area contributed by atoms with Crippen LogP contribution in [-0.4, -0.2) is 46.3 Å². The molecular weight excluding hydrogens is 248 g/mol. The molecule has 2 aliphatic rings. The highest BCUT2D eigenvalue weighted by atomic mass is 32.2. The van der Waals surface area contributed by atoms with Crippen LogP contribution in [0.25, 0.3) is 0 Å². The van der Waals surface area contributed by atoms with Gasteiger partial charge in [-0.3, -0.25) is 9.59 Å². The minimum atomic E-state index is -0.755. The number of hydrogen-bond acceptors (Lipinski definition) is 3. The Balaban J connectivity index is 2.15. The summed E-state index contributed by atoms with van der Waals surface area (Å²) in [5, 5.41) is 2.83. The largest absolute Gasteiger partial charge is 0.340 e. The van der Waals surface area contributed by atoms with Crippen molar-refractivity contribution in [2.24, 2.45) is 5.92 Å². The number of rotatable bonds is 3. The van der Waals surface area contributed by atoms with Crippen molar-refractivity contribution in [3.8, 4) is 0 Å². The maximum absolute atomic E-state index is 12.5. The van der Waals surface area contributed by atoms with E-state index in [1.807, 2.05) is 23.6 Å². The molecule has 4 nitrogen and oxygen atoms in total. The summed E-state index contributed by atoms with van der Waals surface area (Å²) >= 11 is 1.94. The smallest absolute Gasteiger partial charge is 0.248 e. The van der Waals surface area contributed by atoms with Crippen molar-refractivity contribution in [2.75, 3.05) is 18.1 Å². The monoisotopic (exact) mass is 270 g/mol. The van der Waals surface area contributed by atoms with Crippen LogP contribution in [0.2, 0.25) is 0 Å². The summed E-state index contributed by atoms with van der Waals surface area (Å²) in [5.74, 6) is 2.90. The summed E-state index contributed by atoms with van der Waals surface area (Å²) in [7, 11) is 0. The molecule has 0 saturated carbocycles. The fourth-order valence-corrected chi connectivity index (χ4v) is 3.98. The van der Waals surface area contributed by atoms with Crippen LogP contribution in [0.1, 0.15) is 33.6 Å². The number of amides is 2. The maximum atomic E-state index is 12.5. The molecule has 2 fully saturated rings. The third-order valence-corrected chi connectivity index (χ3v) is 5.01. The Morgan fingerprint density at radius 1 is 1.44 bits per heavy atom. The van der Waals surface area contributed by atoms with E-state index < -0.39 is 5.54 Å². The molecule has 2 atom stereocenters. The average molecular weight is 270 g/mol. The second-order valence-electron chi connectivity index (χ2n) is 5.73. The Kier molecular flexibility index (Phi) is 3.90. The van der Waals surface area contributed by atoms with E-state index in [0.29, 0.717) is 12.3 Å². The van der Waals surface area contributed by atoms with Crippen molar-refractivity contribution in [1.29, 1.82) is 0 Å². The number of carbonyl (C=O) groups is 2. The molecular formula is C13H22N2O2S. The number of thioether (sulfide) groups is 1. The molecule has 2 aliphatic heterocycles. The Labute approximate surface area is 113 Å². The van der Waals surface area contributed by atoms with E-state index in [9.17, 15) is 9.59 Å². The molecule has 2 heterocycles. The molecule has 18 heavy (non-hydrogen) atoms. The van der Waals surface area contributed by atoms with E-state index in [2.05, 4.69) is 5.32 Å². The molecule has 0 aromatic carbocycles. The fraction of sp³-hybridized carbons (Fsp3) is 0.846. The van der Waals surface area contributed by atoms with Crippen LogP contribution in [0.3, 0.4) is 0 Å². The van der Waals surface area contributed by atoms with Gasteiger partial charge in [-0.2, -0.15) is 11.8 Å². The van der Waals surface area contributed by atoms with Crippen LogP contribution in [0.4, 0.5) is 0 Å². The van der Waals surface area contributed by atoms with Crippen LogP contribution in [0.5, 0.6) is 0 Å². The predicted molar refractivity (Wildman–Crippen MR) is 73.4 cm³/mol. The van der Waals surface area contributed by atoms with Crippen LogP contribution < -0.4 is 5.32 Å². The molecule has 0 spiro atoms. The summed E-state index contributed by atoms with van der Waals surface area (Å²) in [6.07, 6.45) is 1.85. The molecule has 0 aromatic rings. The van der Waals surface area contributed by atoms with Gasteiger partial charge in [-0.05, 0) is 44.1 Å². The van der Waals surface area contributed by atoms with Gasteiger partial charge in [-0.1, -0.05) is 6.92 Å². The highest BCUT2D eigenvalue weighted by Crippen LogP contribution is 2.27. The average Bonchev–Trinajstić information content (AvgIpc) is 2.78. The molecule has 5 heteroatoms. The lowest BCUT2D eigenvalue weighted by atomic mass is 9.94. The van der Waals surface area contributed by atoms with E-state index in [1.165, 1.54) is 5.75 Å². The SMILES string of the molecule is CCC1C(=O)NC(C)(C)C(=O)N1CC1CCSC1. The van der Waals surface area contributed by atoms with Crippen molar-refractivity contribution >= 4 is 23.6 Å². The van der Waals surface area contributed by atoms with Crippen LogP contribution in [0, 0.1) is 5.92 Å². The molecule has 0 radical (unpaired) electrons. The number of carbonyl (C=O) groups excluding carboxylic acids is 2. The second-order valence-corrected chi connectivity index (χ2v) is 6.88. The van der Waals surface area contributed by atoms with E-state index in [1.54, 1.807) is 13.8 Å². The molecule has 0 aromatic heterocycles.